The van der Waals surface area contributed by atoms with E-state index in [2.05, 4.69) is 18.2 Å². The van der Waals surface area contributed by atoms with Crippen LogP contribution in [0.1, 0.15) is 47.9 Å². The second kappa shape index (κ2) is 5.86. The molecular formula is C18H20FNO. The molecule has 0 spiro atoms. The predicted molar refractivity (Wildman–Crippen MR) is 82.0 cm³/mol. The monoisotopic (exact) mass is 285 g/mol. The molecule has 2 aromatic rings. The van der Waals surface area contributed by atoms with E-state index in [9.17, 15) is 4.39 Å². The van der Waals surface area contributed by atoms with E-state index >= 15 is 0 Å². The molecule has 0 radical (unpaired) electrons. The van der Waals surface area contributed by atoms with Crippen LogP contribution in [0.25, 0.3) is 0 Å². The third-order valence-corrected chi connectivity index (χ3v) is 4.41. The summed E-state index contributed by atoms with van der Waals surface area (Å²) >= 11 is 0. The van der Waals surface area contributed by atoms with Gasteiger partial charge in [-0.1, -0.05) is 36.8 Å². The summed E-state index contributed by atoms with van der Waals surface area (Å²) in [6, 6.07) is 12.9. The number of methoxy groups -OCH3 is 1. The molecule has 0 bridgehead atoms. The lowest BCUT2D eigenvalue weighted by Crippen LogP contribution is -2.18. The van der Waals surface area contributed by atoms with E-state index in [0.29, 0.717) is 5.92 Å². The number of hydrogen-bond donors (Lipinski definition) is 1. The Morgan fingerprint density at radius 3 is 2.62 bits per heavy atom. The van der Waals surface area contributed by atoms with Gasteiger partial charge in [-0.05, 0) is 47.6 Å². The lowest BCUT2D eigenvalue weighted by atomic mass is 9.76. The lowest BCUT2D eigenvalue weighted by molar-refractivity contribution is 0.385. The molecule has 0 heterocycles. The highest BCUT2D eigenvalue weighted by atomic mass is 19.1. The largest absolute Gasteiger partial charge is 0.494 e. The standard InChI is InChI=1S/C18H20FNO/c1-21-17-11-13(9-10-16(17)19)18(20)15-8-3-2-7-14(15)12-5-4-6-12/h2-3,7-12,18H,4-6,20H2,1H3. The highest BCUT2D eigenvalue weighted by Crippen LogP contribution is 2.40. The fraction of sp³-hybridized carbons (Fsp3) is 0.333. The summed E-state index contributed by atoms with van der Waals surface area (Å²) in [6.45, 7) is 0. The van der Waals surface area contributed by atoms with Crippen LogP contribution >= 0.6 is 0 Å². The van der Waals surface area contributed by atoms with Crippen molar-refractivity contribution < 1.29 is 9.13 Å². The molecule has 0 saturated heterocycles. The van der Waals surface area contributed by atoms with Crippen molar-refractivity contribution >= 4 is 0 Å². The minimum atomic E-state index is -0.360. The van der Waals surface area contributed by atoms with Crippen LogP contribution in [0.15, 0.2) is 42.5 Å². The molecule has 0 aromatic heterocycles. The Balaban J connectivity index is 1.96. The van der Waals surface area contributed by atoms with Crippen LogP contribution in [0.2, 0.25) is 0 Å². The van der Waals surface area contributed by atoms with E-state index in [-0.39, 0.29) is 17.6 Å². The average molecular weight is 285 g/mol. The van der Waals surface area contributed by atoms with Gasteiger partial charge in [0.15, 0.2) is 11.6 Å². The Kier molecular flexibility index (Phi) is 3.93. The van der Waals surface area contributed by atoms with Crippen LogP contribution < -0.4 is 10.5 Å². The fourth-order valence-electron chi connectivity index (χ4n) is 2.93. The first kappa shape index (κ1) is 14.1. The van der Waals surface area contributed by atoms with Crippen molar-refractivity contribution in [2.45, 2.75) is 31.2 Å². The molecule has 3 heteroatoms. The summed E-state index contributed by atoms with van der Waals surface area (Å²) in [7, 11) is 1.47. The zero-order valence-corrected chi connectivity index (χ0v) is 12.2. The normalized spacial score (nSPS) is 16.3. The van der Waals surface area contributed by atoms with Crippen LogP contribution in [0.4, 0.5) is 4.39 Å². The van der Waals surface area contributed by atoms with Gasteiger partial charge in [-0.15, -0.1) is 0 Å². The molecule has 0 amide bonds. The first-order valence-corrected chi connectivity index (χ1v) is 7.38. The third kappa shape index (κ3) is 2.66. The van der Waals surface area contributed by atoms with E-state index in [1.54, 1.807) is 12.1 Å². The van der Waals surface area contributed by atoms with Gasteiger partial charge in [-0.3, -0.25) is 0 Å². The van der Waals surface area contributed by atoms with Gasteiger partial charge in [0.2, 0.25) is 0 Å². The zero-order chi connectivity index (χ0) is 14.8. The van der Waals surface area contributed by atoms with Gasteiger partial charge in [-0.2, -0.15) is 0 Å². The second-order valence-corrected chi connectivity index (χ2v) is 5.63. The quantitative estimate of drug-likeness (QED) is 0.916. The van der Waals surface area contributed by atoms with Crippen molar-refractivity contribution in [3.8, 4) is 5.75 Å². The summed E-state index contributed by atoms with van der Waals surface area (Å²) in [6.07, 6.45) is 3.76. The van der Waals surface area contributed by atoms with Crippen LogP contribution in [-0.2, 0) is 0 Å². The zero-order valence-electron chi connectivity index (χ0n) is 12.2. The van der Waals surface area contributed by atoms with Gasteiger partial charge in [0.25, 0.3) is 0 Å². The lowest BCUT2D eigenvalue weighted by Gasteiger charge is -2.29. The molecule has 2 nitrogen and oxygen atoms in total. The Morgan fingerprint density at radius 2 is 1.95 bits per heavy atom. The summed E-state index contributed by atoms with van der Waals surface area (Å²) < 4.78 is 18.6. The topological polar surface area (TPSA) is 35.2 Å². The maximum Gasteiger partial charge on any atom is 0.165 e. The molecule has 3 rings (SSSR count). The number of benzene rings is 2. The number of ether oxygens (including phenoxy) is 1. The molecule has 1 unspecified atom stereocenters. The maximum atomic E-state index is 13.5. The smallest absolute Gasteiger partial charge is 0.165 e. The van der Waals surface area contributed by atoms with Crippen LogP contribution in [-0.4, -0.2) is 7.11 Å². The first-order chi connectivity index (χ1) is 10.2. The van der Waals surface area contributed by atoms with Gasteiger partial charge in [-0.25, -0.2) is 4.39 Å². The Morgan fingerprint density at radius 1 is 1.19 bits per heavy atom. The molecule has 1 aliphatic rings. The average Bonchev–Trinajstić information content (AvgIpc) is 2.46. The summed E-state index contributed by atoms with van der Waals surface area (Å²) in [5.41, 5.74) is 9.77. The van der Waals surface area contributed by atoms with Gasteiger partial charge in [0.05, 0.1) is 13.2 Å². The van der Waals surface area contributed by atoms with Crippen LogP contribution in [0.5, 0.6) is 5.75 Å². The second-order valence-electron chi connectivity index (χ2n) is 5.63. The van der Waals surface area contributed by atoms with E-state index in [4.69, 9.17) is 10.5 Å². The Bertz CT molecular complexity index is 637. The minimum Gasteiger partial charge on any atom is -0.494 e. The molecule has 1 saturated carbocycles. The molecule has 1 fully saturated rings. The van der Waals surface area contributed by atoms with Gasteiger partial charge in [0, 0.05) is 0 Å². The number of hydrogen-bond acceptors (Lipinski definition) is 2. The Hall–Kier alpha value is -1.87. The highest BCUT2D eigenvalue weighted by molar-refractivity contribution is 5.42. The van der Waals surface area contributed by atoms with E-state index < -0.39 is 0 Å². The van der Waals surface area contributed by atoms with Crippen molar-refractivity contribution in [3.05, 3.63) is 65.0 Å². The molecule has 2 N–H and O–H groups in total. The van der Waals surface area contributed by atoms with Gasteiger partial charge >= 0.3 is 0 Å². The SMILES string of the molecule is COc1cc(C(N)c2ccccc2C2CCC2)ccc1F. The van der Waals surface area contributed by atoms with E-state index in [1.807, 2.05) is 6.07 Å². The molecule has 21 heavy (non-hydrogen) atoms. The molecule has 110 valence electrons. The summed E-state index contributed by atoms with van der Waals surface area (Å²) in [4.78, 5) is 0. The van der Waals surface area contributed by atoms with Gasteiger partial charge in [0.1, 0.15) is 0 Å². The Labute approximate surface area is 124 Å². The van der Waals surface area contributed by atoms with Crippen molar-refractivity contribution in [1.29, 1.82) is 0 Å². The minimum absolute atomic E-state index is 0.240. The molecule has 0 aliphatic heterocycles. The summed E-state index contributed by atoms with van der Waals surface area (Å²) in [5.74, 6) is 0.499. The molecule has 1 aliphatic carbocycles. The van der Waals surface area contributed by atoms with Crippen molar-refractivity contribution in [3.63, 3.8) is 0 Å². The highest BCUT2D eigenvalue weighted by Gasteiger charge is 2.24. The third-order valence-electron chi connectivity index (χ3n) is 4.41. The van der Waals surface area contributed by atoms with E-state index in [1.165, 1.54) is 38.0 Å². The van der Waals surface area contributed by atoms with E-state index in [0.717, 1.165) is 11.1 Å². The summed E-state index contributed by atoms with van der Waals surface area (Å²) in [5, 5.41) is 0. The number of nitrogens with two attached hydrogens (primary N) is 1. The maximum absolute atomic E-state index is 13.5. The first-order valence-electron chi connectivity index (χ1n) is 7.38. The van der Waals surface area contributed by atoms with Crippen molar-refractivity contribution in [2.75, 3.05) is 7.11 Å². The van der Waals surface area contributed by atoms with Gasteiger partial charge < -0.3 is 10.5 Å². The fourth-order valence-corrected chi connectivity index (χ4v) is 2.93. The number of rotatable bonds is 4. The predicted octanol–water partition coefficient (Wildman–Crippen LogP) is 4.15. The van der Waals surface area contributed by atoms with Crippen molar-refractivity contribution in [2.24, 2.45) is 5.73 Å². The molecule has 2 aromatic carbocycles. The van der Waals surface area contributed by atoms with Crippen LogP contribution in [0, 0.1) is 5.82 Å². The number of halogens is 1. The van der Waals surface area contributed by atoms with Crippen LogP contribution in [0.3, 0.4) is 0 Å². The molecule has 1 atom stereocenters. The van der Waals surface area contributed by atoms with Crippen molar-refractivity contribution in [1.82, 2.24) is 0 Å². The molecular weight excluding hydrogens is 265 g/mol.